The SMILES string of the molecule is COc1ccc(C=Nc2ccc(-c3ccc(-c4ccncc4)nc3)cc2)cc1. The fourth-order valence-corrected chi connectivity index (χ4v) is 2.84. The Kier molecular flexibility index (Phi) is 5.20. The number of hydrogen-bond donors (Lipinski definition) is 0. The van der Waals surface area contributed by atoms with Crippen LogP contribution in [0, 0.1) is 0 Å². The molecule has 0 radical (unpaired) electrons. The Balaban J connectivity index is 1.47. The van der Waals surface area contributed by atoms with Crippen LogP contribution in [0.4, 0.5) is 5.69 Å². The number of benzene rings is 2. The van der Waals surface area contributed by atoms with Crippen LogP contribution < -0.4 is 4.74 Å². The Morgan fingerprint density at radius 2 is 1.46 bits per heavy atom. The second-order valence-electron chi connectivity index (χ2n) is 6.25. The highest BCUT2D eigenvalue weighted by molar-refractivity contribution is 5.82. The number of rotatable bonds is 5. The molecule has 4 aromatic rings. The molecule has 2 heterocycles. The third kappa shape index (κ3) is 4.13. The molecule has 4 nitrogen and oxygen atoms in total. The molecule has 28 heavy (non-hydrogen) atoms. The van der Waals surface area contributed by atoms with Gasteiger partial charge in [-0.25, -0.2) is 0 Å². The van der Waals surface area contributed by atoms with Crippen molar-refractivity contribution in [3.63, 3.8) is 0 Å². The lowest BCUT2D eigenvalue weighted by atomic mass is 10.1. The van der Waals surface area contributed by atoms with E-state index in [0.29, 0.717) is 0 Å². The van der Waals surface area contributed by atoms with Gasteiger partial charge in [-0.15, -0.1) is 0 Å². The molecule has 0 saturated heterocycles. The van der Waals surface area contributed by atoms with Gasteiger partial charge in [-0.3, -0.25) is 15.0 Å². The van der Waals surface area contributed by atoms with Gasteiger partial charge in [-0.1, -0.05) is 18.2 Å². The third-order valence-electron chi connectivity index (χ3n) is 4.42. The highest BCUT2D eigenvalue weighted by Gasteiger charge is 2.02. The van der Waals surface area contributed by atoms with E-state index in [4.69, 9.17) is 4.74 Å². The minimum absolute atomic E-state index is 0.838. The lowest BCUT2D eigenvalue weighted by Gasteiger charge is -2.04. The molecule has 0 unspecified atom stereocenters. The quantitative estimate of drug-likeness (QED) is 0.434. The van der Waals surface area contributed by atoms with Gasteiger partial charge < -0.3 is 4.74 Å². The van der Waals surface area contributed by atoms with E-state index in [2.05, 4.69) is 33.2 Å². The van der Waals surface area contributed by atoms with E-state index in [9.17, 15) is 0 Å². The lowest BCUT2D eigenvalue weighted by Crippen LogP contribution is -1.85. The number of ether oxygens (including phenoxy) is 1. The van der Waals surface area contributed by atoms with Crippen molar-refractivity contribution in [3.8, 4) is 28.1 Å². The van der Waals surface area contributed by atoms with Gasteiger partial charge in [-0.2, -0.15) is 0 Å². The van der Waals surface area contributed by atoms with E-state index in [1.54, 1.807) is 19.5 Å². The van der Waals surface area contributed by atoms with Crippen LogP contribution in [-0.4, -0.2) is 23.3 Å². The zero-order chi connectivity index (χ0) is 19.2. The molecule has 2 aromatic heterocycles. The molecule has 0 fully saturated rings. The number of nitrogens with zero attached hydrogens (tertiary/aromatic N) is 3. The number of aliphatic imine (C=N–C) groups is 1. The van der Waals surface area contributed by atoms with Gasteiger partial charge in [0, 0.05) is 35.9 Å². The van der Waals surface area contributed by atoms with Crippen LogP contribution >= 0.6 is 0 Å². The summed E-state index contributed by atoms with van der Waals surface area (Å²) in [5.74, 6) is 0.838. The van der Waals surface area contributed by atoms with E-state index in [-0.39, 0.29) is 0 Å². The van der Waals surface area contributed by atoms with Crippen LogP contribution in [0.15, 0.2) is 96.4 Å². The predicted molar refractivity (Wildman–Crippen MR) is 113 cm³/mol. The molecule has 0 aliphatic heterocycles. The van der Waals surface area contributed by atoms with Crippen molar-refractivity contribution in [2.45, 2.75) is 0 Å². The summed E-state index contributed by atoms with van der Waals surface area (Å²) in [6.07, 6.45) is 7.29. The number of pyridine rings is 2. The molecule has 0 bridgehead atoms. The van der Waals surface area contributed by atoms with Gasteiger partial charge in [0.1, 0.15) is 5.75 Å². The lowest BCUT2D eigenvalue weighted by molar-refractivity contribution is 0.415. The van der Waals surface area contributed by atoms with Crippen LogP contribution in [0.25, 0.3) is 22.4 Å². The molecule has 0 atom stereocenters. The molecular weight excluding hydrogens is 346 g/mol. The molecule has 0 saturated carbocycles. The summed E-state index contributed by atoms with van der Waals surface area (Å²) in [4.78, 5) is 13.1. The summed E-state index contributed by atoms with van der Waals surface area (Å²) < 4.78 is 5.17. The molecule has 2 aromatic carbocycles. The molecule has 0 amide bonds. The molecule has 136 valence electrons. The molecule has 4 rings (SSSR count). The minimum atomic E-state index is 0.838. The van der Waals surface area contributed by atoms with Crippen molar-refractivity contribution >= 4 is 11.9 Å². The molecule has 0 aliphatic rings. The summed E-state index contributed by atoms with van der Waals surface area (Å²) >= 11 is 0. The molecular formula is C24H19N3O. The van der Waals surface area contributed by atoms with E-state index in [0.717, 1.165) is 39.4 Å². The van der Waals surface area contributed by atoms with Crippen LogP contribution in [0.5, 0.6) is 5.75 Å². The third-order valence-corrected chi connectivity index (χ3v) is 4.42. The van der Waals surface area contributed by atoms with Gasteiger partial charge in [0.15, 0.2) is 0 Å². The van der Waals surface area contributed by atoms with E-state index in [1.165, 1.54) is 0 Å². The summed E-state index contributed by atoms with van der Waals surface area (Å²) in [5.41, 5.74) is 6.11. The highest BCUT2D eigenvalue weighted by atomic mass is 16.5. The average Bonchev–Trinajstić information content (AvgIpc) is 2.79. The first-order valence-electron chi connectivity index (χ1n) is 8.97. The van der Waals surface area contributed by atoms with Crippen molar-refractivity contribution in [3.05, 3.63) is 97.0 Å². The van der Waals surface area contributed by atoms with Crippen molar-refractivity contribution in [2.24, 2.45) is 4.99 Å². The Morgan fingerprint density at radius 3 is 2.11 bits per heavy atom. The van der Waals surface area contributed by atoms with Gasteiger partial charge in [0.2, 0.25) is 0 Å². The van der Waals surface area contributed by atoms with Crippen LogP contribution in [0.2, 0.25) is 0 Å². The summed E-state index contributed by atoms with van der Waals surface area (Å²) in [5, 5.41) is 0. The Hall–Kier alpha value is -3.79. The maximum atomic E-state index is 5.17. The Morgan fingerprint density at radius 1 is 0.750 bits per heavy atom. The van der Waals surface area contributed by atoms with Gasteiger partial charge >= 0.3 is 0 Å². The van der Waals surface area contributed by atoms with Crippen LogP contribution in [0.1, 0.15) is 5.56 Å². The van der Waals surface area contributed by atoms with Gasteiger partial charge in [0.25, 0.3) is 0 Å². The molecule has 0 aliphatic carbocycles. The van der Waals surface area contributed by atoms with E-state index >= 15 is 0 Å². The van der Waals surface area contributed by atoms with Crippen LogP contribution in [-0.2, 0) is 0 Å². The maximum Gasteiger partial charge on any atom is 0.118 e. The fraction of sp³-hybridized carbons (Fsp3) is 0.0417. The number of aromatic nitrogens is 2. The van der Waals surface area contributed by atoms with Gasteiger partial charge in [0.05, 0.1) is 18.5 Å². The average molecular weight is 365 g/mol. The number of hydrogen-bond acceptors (Lipinski definition) is 4. The Bertz CT molecular complexity index is 1060. The Labute approximate surface area is 164 Å². The largest absolute Gasteiger partial charge is 0.497 e. The molecule has 4 heteroatoms. The monoisotopic (exact) mass is 365 g/mol. The van der Waals surface area contributed by atoms with Gasteiger partial charge in [-0.05, 0) is 65.7 Å². The topological polar surface area (TPSA) is 47.4 Å². The zero-order valence-corrected chi connectivity index (χ0v) is 15.5. The zero-order valence-electron chi connectivity index (χ0n) is 15.5. The first kappa shape index (κ1) is 17.6. The summed E-state index contributed by atoms with van der Waals surface area (Å²) in [6.45, 7) is 0. The van der Waals surface area contributed by atoms with E-state index in [1.807, 2.05) is 67.0 Å². The molecule has 0 spiro atoms. The van der Waals surface area contributed by atoms with E-state index < -0.39 is 0 Å². The van der Waals surface area contributed by atoms with Crippen molar-refractivity contribution in [1.29, 1.82) is 0 Å². The maximum absolute atomic E-state index is 5.17. The smallest absolute Gasteiger partial charge is 0.118 e. The minimum Gasteiger partial charge on any atom is -0.497 e. The van der Waals surface area contributed by atoms with Crippen molar-refractivity contribution in [1.82, 2.24) is 9.97 Å². The number of methoxy groups -OCH3 is 1. The summed E-state index contributed by atoms with van der Waals surface area (Å²) in [6, 6.07) is 24.0. The molecule has 0 N–H and O–H groups in total. The highest BCUT2D eigenvalue weighted by Crippen LogP contribution is 2.24. The van der Waals surface area contributed by atoms with Crippen molar-refractivity contribution in [2.75, 3.05) is 7.11 Å². The normalized spacial score (nSPS) is 10.9. The van der Waals surface area contributed by atoms with Crippen molar-refractivity contribution < 1.29 is 4.74 Å². The fourth-order valence-electron chi connectivity index (χ4n) is 2.84. The second-order valence-corrected chi connectivity index (χ2v) is 6.25. The predicted octanol–water partition coefficient (Wildman–Crippen LogP) is 5.57. The standard InChI is InChI=1S/C24H19N3O/c1-28-23-9-2-18(3-10-23)16-26-22-7-4-19(5-8-22)21-6-11-24(27-17-21)20-12-14-25-15-13-20/h2-17H,1H3. The van der Waals surface area contributed by atoms with Crippen LogP contribution in [0.3, 0.4) is 0 Å². The second kappa shape index (κ2) is 8.27. The first-order valence-corrected chi connectivity index (χ1v) is 8.97. The first-order chi connectivity index (χ1) is 13.8. The summed E-state index contributed by atoms with van der Waals surface area (Å²) in [7, 11) is 1.66.